The van der Waals surface area contributed by atoms with Gasteiger partial charge in [0.2, 0.25) is 0 Å². The molecule has 26 heavy (non-hydrogen) atoms. The Bertz CT molecular complexity index is 941. The number of ether oxygens (including phenoxy) is 1. The van der Waals surface area contributed by atoms with Crippen molar-refractivity contribution in [2.24, 2.45) is 0 Å². The third-order valence-electron chi connectivity index (χ3n) is 4.34. The lowest BCUT2D eigenvalue weighted by Gasteiger charge is -2.17. The number of halogens is 1. The van der Waals surface area contributed by atoms with Gasteiger partial charge in [-0.15, -0.1) is 11.3 Å². The number of fused-ring (bicyclic) bond motifs is 1. The average molecular weight is 368 g/mol. The minimum absolute atomic E-state index is 0.125. The smallest absolute Gasteiger partial charge is 0.271 e. The molecule has 0 radical (unpaired) electrons. The van der Waals surface area contributed by atoms with Crippen molar-refractivity contribution in [1.82, 2.24) is 10.3 Å². The summed E-state index contributed by atoms with van der Waals surface area (Å²) in [6.45, 7) is 0.636. The molecule has 0 aliphatic carbocycles. The van der Waals surface area contributed by atoms with Crippen molar-refractivity contribution in [2.45, 2.75) is 18.9 Å². The monoisotopic (exact) mass is 368 g/mol. The van der Waals surface area contributed by atoms with Gasteiger partial charge in [-0.1, -0.05) is 30.3 Å². The van der Waals surface area contributed by atoms with E-state index in [9.17, 15) is 9.18 Å². The van der Waals surface area contributed by atoms with Gasteiger partial charge < -0.3 is 10.1 Å². The largest absolute Gasteiger partial charge is 0.493 e. The van der Waals surface area contributed by atoms with Gasteiger partial charge in [-0.25, -0.2) is 9.37 Å². The van der Waals surface area contributed by atoms with E-state index in [4.69, 9.17) is 4.74 Å². The average Bonchev–Trinajstić information content (AvgIpc) is 3.06. The Morgan fingerprint density at radius 1 is 1.19 bits per heavy atom. The van der Waals surface area contributed by atoms with Crippen LogP contribution >= 0.6 is 11.3 Å². The number of thiazole rings is 1. The summed E-state index contributed by atoms with van der Waals surface area (Å²) in [6, 6.07) is 14.0. The molecule has 4 nitrogen and oxygen atoms in total. The molecule has 1 aliphatic heterocycles. The molecule has 3 aromatic rings. The summed E-state index contributed by atoms with van der Waals surface area (Å²) in [4.78, 5) is 17.0. The van der Waals surface area contributed by atoms with E-state index in [2.05, 4.69) is 10.3 Å². The normalized spacial score (nSPS) is 16.3. The molecular formula is C20H17FN2O2S. The molecule has 6 heteroatoms. The summed E-state index contributed by atoms with van der Waals surface area (Å²) in [5, 5.41) is 5.20. The first-order chi connectivity index (χ1) is 12.7. The highest BCUT2D eigenvalue weighted by molar-refractivity contribution is 7.13. The molecular weight excluding hydrogens is 351 g/mol. The molecule has 2 aromatic carbocycles. The van der Waals surface area contributed by atoms with Gasteiger partial charge in [0.1, 0.15) is 22.3 Å². The van der Waals surface area contributed by atoms with E-state index >= 15 is 0 Å². The fourth-order valence-corrected chi connectivity index (χ4v) is 3.87. The fourth-order valence-electron chi connectivity index (χ4n) is 3.04. The van der Waals surface area contributed by atoms with Crippen LogP contribution in [0.15, 0.2) is 53.9 Å². The van der Waals surface area contributed by atoms with E-state index in [0.29, 0.717) is 22.9 Å². The molecule has 1 aromatic heterocycles. The Hall–Kier alpha value is -2.73. The maximum Gasteiger partial charge on any atom is 0.271 e. The second kappa shape index (κ2) is 7.25. The first-order valence-electron chi connectivity index (χ1n) is 8.45. The summed E-state index contributed by atoms with van der Waals surface area (Å²) >= 11 is 1.26. The van der Waals surface area contributed by atoms with Crippen LogP contribution in [0.1, 0.15) is 34.9 Å². The molecule has 2 heterocycles. The number of aromatic nitrogens is 1. The quantitative estimate of drug-likeness (QED) is 0.735. The van der Waals surface area contributed by atoms with Crippen molar-refractivity contribution in [3.63, 3.8) is 0 Å². The van der Waals surface area contributed by atoms with E-state index in [1.165, 1.54) is 17.4 Å². The molecule has 1 atom stereocenters. The first-order valence-corrected chi connectivity index (χ1v) is 9.33. The molecule has 1 amide bonds. The zero-order chi connectivity index (χ0) is 17.9. The zero-order valence-corrected chi connectivity index (χ0v) is 14.8. The van der Waals surface area contributed by atoms with Crippen molar-refractivity contribution < 1.29 is 13.9 Å². The van der Waals surface area contributed by atoms with Gasteiger partial charge in [-0.2, -0.15) is 0 Å². The van der Waals surface area contributed by atoms with Crippen molar-refractivity contribution in [2.75, 3.05) is 6.61 Å². The number of rotatable bonds is 3. The Kier molecular flexibility index (Phi) is 4.67. The number of hydrogen-bond acceptors (Lipinski definition) is 4. The second-order valence-corrected chi connectivity index (χ2v) is 6.93. The van der Waals surface area contributed by atoms with Gasteiger partial charge in [-0.3, -0.25) is 4.79 Å². The fraction of sp³-hybridized carbons (Fsp3) is 0.200. The van der Waals surface area contributed by atoms with E-state index in [-0.39, 0.29) is 17.8 Å². The van der Waals surface area contributed by atoms with Gasteiger partial charge >= 0.3 is 0 Å². The van der Waals surface area contributed by atoms with Crippen LogP contribution in [0.4, 0.5) is 4.39 Å². The molecule has 0 spiro atoms. The summed E-state index contributed by atoms with van der Waals surface area (Å²) in [6.07, 6.45) is 1.66. The van der Waals surface area contributed by atoms with Gasteiger partial charge in [0.25, 0.3) is 5.91 Å². The lowest BCUT2D eigenvalue weighted by molar-refractivity contribution is 0.0930. The Morgan fingerprint density at radius 3 is 2.88 bits per heavy atom. The molecule has 1 aliphatic rings. The molecule has 4 rings (SSSR count). The highest BCUT2D eigenvalue weighted by atomic mass is 32.1. The number of benzene rings is 2. The van der Waals surface area contributed by atoms with E-state index in [1.54, 1.807) is 23.6 Å². The minimum atomic E-state index is -0.344. The maximum atomic E-state index is 13.9. The summed E-state index contributed by atoms with van der Waals surface area (Å²) in [5.74, 6) is 0.204. The number of amides is 1. The SMILES string of the molecule is O=C(NC1CCCOc2ccccc21)c1csc(-c2ccccc2F)n1. The zero-order valence-electron chi connectivity index (χ0n) is 13.9. The van der Waals surface area contributed by atoms with Crippen molar-refractivity contribution >= 4 is 17.2 Å². The first kappa shape index (κ1) is 16.7. The van der Waals surface area contributed by atoms with E-state index < -0.39 is 0 Å². The van der Waals surface area contributed by atoms with Gasteiger partial charge in [0.05, 0.1) is 12.6 Å². The number of hydrogen-bond donors (Lipinski definition) is 1. The van der Waals surface area contributed by atoms with E-state index in [1.807, 2.05) is 24.3 Å². The van der Waals surface area contributed by atoms with Crippen molar-refractivity contribution in [3.05, 3.63) is 71.0 Å². The standard InChI is InChI=1S/C20H17FN2O2S/c21-15-8-3-1-6-13(15)20-23-17(12-26-20)19(24)22-16-9-5-11-25-18-10-4-2-7-14(16)18/h1-4,6-8,10,12,16H,5,9,11H2,(H,22,24). The second-order valence-electron chi connectivity index (χ2n) is 6.07. The number of carbonyl (C=O) groups excluding carboxylic acids is 1. The van der Waals surface area contributed by atoms with Crippen molar-refractivity contribution in [1.29, 1.82) is 0 Å². The Morgan fingerprint density at radius 2 is 2.00 bits per heavy atom. The molecule has 0 bridgehead atoms. The summed E-state index contributed by atoms with van der Waals surface area (Å²) in [5.41, 5.74) is 1.68. The highest BCUT2D eigenvalue weighted by Crippen LogP contribution is 2.32. The predicted octanol–water partition coefficient (Wildman–Crippen LogP) is 4.59. The van der Waals surface area contributed by atoms with Crippen LogP contribution < -0.4 is 10.1 Å². The van der Waals surface area contributed by atoms with Crippen molar-refractivity contribution in [3.8, 4) is 16.3 Å². The topological polar surface area (TPSA) is 51.2 Å². The Labute approximate surface area is 154 Å². The number of carbonyl (C=O) groups is 1. The summed E-state index contributed by atoms with van der Waals surface area (Å²) < 4.78 is 19.7. The lowest BCUT2D eigenvalue weighted by atomic mass is 10.0. The summed E-state index contributed by atoms with van der Waals surface area (Å²) in [7, 11) is 0. The van der Waals surface area contributed by atoms with Gasteiger partial charge in [0, 0.05) is 16.5 Å². The van der Waals surface area contributed by atoms with Gasteiger partial charge in [0.15, 0.2) is 0 Å². The van der Waals surface area contributed by atoms with Crippen LogP contribution in [-0.4, -0.2) is 17.5 Å². The number of nitrogens with zero attached hydrogens (tertiary/aromatic N) is 1. The number of nitrogens with one attached hydrogen (secondary N) is 1. The molecule has 0 saturated heterocycles. The highest BCUT2D eigenvalue weighted by Gasteiger charge is 2.23. The third-order valence-corrected chi connectivity index (χ3v) is 5.21. The van der Waals surface area contributed by atoms with Crippen LogP contribution in [0.3, 0.4) is 0 Å². The van der Waals surface area contributed by atoms with Crippen LogP contribution in [0.25, 0.3) is 10.6 Å². The molecule has 1 N–H and O–H groups in total. The van der Waals surface area contributed by atoms with Crippen LogP contribution in [0.5, 0.6) is 5.75 Å². The molecule has 0 fully saturated rings. The van der Waals surface area contributed by atoms with Crippen LogP contribution in [0.2, 0.25) is 0 Å². The van der Waals surface area contributed by atoms with Crippen LogP contribution in [0, 0.1) is 5.82 Å². The Balaban J connectivity index is 1.55. The molecule has 132 valence electrons. The number of para-hydroxylation sites is 1. The predicted molar refractivity (Wildman–Crippen MR) is 98.9 cm³/mol. The lowest BCUT2D eigenvalue weighted by Crippen LogP contribution is -2.28. The van der Waals surface area contributed by atoms with Crippen LogP contribution in [-0.2, 0) is 0 Å². The maximum absolute atomic E-state index is 13.9. The molecule has 0 saturated carbocycles. The minimum Gasteiger partial charge on any atom is -0.493 e. The van der Waals surface area contributed by atoms with E-state index in [0.717, 1.165) is 24.2 Å². The van der Waals surface area contributed by atoms with Gasteiger partial charge in [-0.05, 0) is 31.0 Å². The third kappa shape index (κ3) is 3.32. The molecule has 1 unspecified atom stereocenters.